The number of nitrogens with zero attached hydrogens (tertiary/aromatic N) is 2. The number of amides is 2. The van der Waals surface area contributed by atoms with Gasteiger partial charge in [0.1, 0.15) is 11.8 Å². The second-order valence-corrected chi connectivity index (χ2v) is 8.77. The molecule has 1 fully saturated rings. The zero-order valence-corrected chi connectivity index (χ0v) is 20.5. The third-order valence-electron chi connectivity index (χ3n) is 6.11. The Morgan fingerprint density at radius 1 is 0.943 bits per heavy atom. The molecule has 0 unspecified atom stereocenters. The fourth-order valence-corrected chi connectivity index (χ4v) is 4.54. The van der Waals surface area contributed by atoms with Gasteiger partial charge in [-0.25, -0.2) is 4.90 Å². The Kier molecular flexibility index (Phi) is 8.11. The smallest absolute Gasteiger partial charge is 0.257 e. The summed E-state index contributed by atoms with van der Waals surface area (Å²) in [5.74, 6) is 0.167. The second kappa shape index (κ2) is 11.6. The number of thiocarbonyl (C=S) groups is 1. The highest BCUT2D eigenvalue weighted by atomic mass is 32.1. The molecule has 0 bridgehead atoms. The highest BCUT2D eigenvalue weighted by Gasteiger charge is 2.43. The highest BCUT2D eigenvalue weighted by Crippen LogP contribution is 2.27. The van der Waals surface area contributed by atoms with Gasteiger partial charge in [0.2, 0.25) is 5.91 Å². The van der Waals surface area contributed by atoms with Gasteiger partial charge in [0.25, 0.3) is 5.91 Å². The number of carbonyl (C=O) groups is 2. The fraction of sp³-hybridized carbons (Fsp3) is 0.250. The molecule has 35 heavy (non-hydrogen) atoms. The summed E-state index contributed by atoms with van der Waals surface area (Å²) in [6.45, 7) is 1.17. The van der Waals surface area contributed by atoms with Crippen molar-refractivity contribution < 1.29 is 14.3 Å². The van der Waals surface area contributed by atoms with Crippen LogP contribution in [0.5, 0.6) is 5.75 Å². The van der Waals surface area contributed by atoms with Gasteiger partial charge in [-0.2, -0.15) is 0 Å². The van der Waals surface area contributed by atoms with E-state index in [4.69, 9.17) is 17.0 Å². The quantitative estimate of drug-likeness (QED) is 0.364. The summed E-state index contributed by atoms with van der Waals surface area (Å²) >= 11 is 5.74. The molecule has 0 spiro atoms. The number of hydrogen-bond donors (Lipinski definition) is 1. The zero-order chi connectivity index (χ0) is 24.6. The Bertz CT molecular complexity index is 1150. The maximum Gasteiger partial charge on any atom is 0.257 e. The summed E-state index contributed by atoms with van der Waals surface area (Å²) in [5.41, 5.74) is 2.89. The Hall–Kier alpha value is -3.71. The van der Waals surface area contributed by atoms with Crippen LogP contribution in [0.2, 0.25) is 0 Å². The molecule has 0 saturated carbocycles. The van der Waals surface area contributed by atoms with Crippen molar-refractivity contribution in [2.45, 2.75) is 25.3 Å². The molecule has 4 rings (SSSR count). The summed E-state index contributed by atoms with van der Waals surface area (Å²) < 4.78 is 5.20. The molecule has 1 aliphatic rings. The van der Waals surface area contributed by atoms with Crippen LogP contribution in [0.4, 0.5) is 5.69 Å². The molecule has 1 N–H and O–H groups in total. The van der Waals surface area contributed by atoms with Gasteiger partial charge < -0.3 is 15.0 Å². The van der Waals surface area contributed by atoms with Gasteiger partial charge in [-0.05, 0) is 60.5 Å². The van der Waals surface area contributed by atoms with E-state index in [9.17, 15) is 9.59 Å². The largest absolute Gasteiger partial charge is 0.497 e. The van der Waals surface area contributed by atoms with E-state index in [0.717, 1.165) is 12.0 Å². The van der Waals surface area contributed by atoms with Gasteiger partial charge in [0.15, 0.2) is 5.11 Å². The minimum absolute atomic E-state index is 0.0835. The van der Waals surface area contributed by atoms with E-state index >= 15 is 0 Å². The minimum atomic E-state index is -0.648. The van der Waals surface area contributed by atoms with E-state index in [0.29, 0.717) is 36.1 Å². The molecule has 6 nitrogen and oxygen atoms in total. The molecule has 1 heterocycles. The van der Waals surface area contributed by atoms with Crippen molar-refractivity contribution in [2.24, 2.45) is 0 Å². The Balaban J connectivity index is 1.49. The fourth-order valence-electron chi connectivity index (χ4n) is 4.22. The number of carbonyl (C=O) groups excluding carboxylic acids is 2. The van der Waals surface area contributed by atoms with Crippen LogP contribution in [0.15, 0.2) is 84.9 Å². The number of methoxy groups -OCH3 is 1. The normalized spacial score (nSPS) is 15.2. The van der Waals surface area contributed by atoms with Crippen LogP contribution in [-0.2, 0) is 22.4 Å². The predicted octanol–water partition coefficient (Wildman–Crippen LogP) is 3.99. The molecule has 180 valence electrons. The molecule has 0 aromatic heterocycles. The minimum Gasteiger partial charge on any atom is -0.497 e. The molecule has 1 saturated heterocycles. The molecule has 1 atom stereocenters. The third-order valence-corrected chi connectivity index (χ3v) is 6.49. The van der Waals surface area contributed by atoms with Crippen LogP contribution in [0.3, 0.4) is 0 Å². The summed E-state index contributed by atoms with van der Waals surface area (Å²) in [5, 5.41) is 3.79. The van der Waals surface area contributed by atoms with Crippen molar-refractivity contribution in [3.8, 4) is 5.75 Å². The first-order valence-corrected chi connectivity index (χ1v) is 12.1. The first-order valence-electron chi connectivity index (χ1n) is 11.7. The maximum absolute atomic E-state index is 13.5. The van der Waals surface area contributed by atoms with Gasteiger partial charge in [0, 0.05) is 13.1 Å². The van der Waals surface area contributed by atoms with Gasteiger partial charge >= 0.3 is 0 Å². The van der Waals surface area contributed by atoms with Crippen LogP contribution >= 0.6 is 12.2 Å². The summed E-state index contributed by atoms with van der Waals surface area (Å²) in [6.07, 6.45) is 1.60. The Morgan fingerprint density at radius 2 is 1.54 bits per heavy atom. The molecule has 0 aliphatic carbocycles. The third kappa shape index (κ3) is 6.05. The van der Waals surface area contributed by atoms with E-state index in [-0.39, 0.29) is 18.2 Å². The number of anilines is 1. The first kappa shape index (κ1) is 24.4. The highest BCUT2D eigenvalue weighted by molar-refractivity contribution is 7.80. The van der Waals surface area contributed by atoms with Crippen LogP contribution in [0.25, 0.3) is 0 Å². The number of rotatable bonds is 9. The molecule has 3 aromatic rings. The first-order chi connectivity index (χ1) is 17.1. The van der Waals surface area contributed by atoms with E-state index in [1.54, 1.807) is 31.4 Å². The maximum atomic E-state index is 13.5. The Morgan fingerprint density at radius 3 is 2.14 bits per heavy atom. The molecule has 7 heteroatoms. The van der Waals surface area contributed by atoms with E-state index in [2.05, 4.69) is 29.6 Å². The van der Waals surface area contributed by atoms with Crippen molar-refractivity contribution >= 4 is 34.8 Å². The number of imide groups is 1. The molecule has 3 aromatic carbocycles. The average molecular weight is 488 g/mol. The molecule has 0 radical (unpaired) electrons. The van der Waals surface area contributed by atoms with E-state index < -0.39 is 6.04 Å². The number of ether oxygens (including phenoxy) is 1. The van der Waals surface area contributed by atoms with Gasteiger partial charge in [-0.1, -0.05) is 60.7 Å². The number of nitrogens with one attached hydrogen (secondary N) is 1. The lowest BCUT2D eigenvalue weighted by atomic mass is 10.1. The van der Waals surface area contributed by atoms with Crippen molar-refractivity contribution in [3.05, 3.63) is 96.1 Å². The van der Waals surface area contributed by atoms with Crippen molar-refractivity contribution in [1.82, 2.24) is 10.2 Å². The number of hydrogen-bond acceptors (Lipinski definition) is 4. The summed E-state index contributed by atoms with van der Waals surface area (Å²) in [7, 11) is 1.58. The predicted molar refractivity (Wildman–Crippen MR) is 141 cm³/mol. The lowest BCUT2D eigenvalue weighted by Crippen LogP contribution is -2.50. The number of benzene rings is 3. The lowest BCUT2D eigenvalue weighted by Gasteiger charge is -2.30. The molecule has 2 amide bonds. The molecule has 1 aliphatic heterocycles. The summed E-state index contributed by atoms with van der Waals surface area (Å²) in [6, 6.07) is 26.5. The molecular weight excluding hydrogens is 458 g/mol. The van der Waals surface area contributed by atoms with Gasteiger partial charge in [-0.3, -0.25) is 9.59 Å². The second-order valence-electron chi connectivity index (χ2n) is 8.38. The van der Waals surface area contributed by atoms with Crippen LogP contribution in [0, 0.1) is 0 Å². The monoisotopic (exact) mass is 487 g/mol. The van der Waals surface area contributed by atoms with E-state index in [1.807, 2.05) is 41.3 Å². The SMILES string of the molecule is COc1ccc(N2C(=O)C[C@H](N(CCc3ccccc3)C(=S)NCCc3ccccc3)C2=O)cc1. The van der Waals surface area contributed by atoms with Gasteiger partial charge in [-0.15, -0.1) is 0 Å². The summed E-state index contributed by atoms with van der Waals surface area (Å²) in [4.78, 5) is 29.5. The molecular formula is C28H29N3O3S. The zero-order valence-electron chi connectivity index (χ0n) is 19.7. The van der Waals surface area contributed by atoms with Crippen LogP contribution in [0.1, 0.15) is 17.5 Å². The lowest BCUT2D eigenvalue weighted by molar-refractivity contribution is -0.122. The van der Waals surface area contributed by atoms with Crippen molar-refractivity contribution in [2.75, 3.05) is 25.1 Å². The van der Waals surface area contributed by atoms with Crippen molar-refractivity contribution in [1.29, 1.82) is 0 Å². The van der Waals surface area contributed by atoms with Crippen LogP contribution in [-0.4, -0.2) is 48.1 Å². The Labute approximate surface area is 211 Å². The topological polar surface area (TPSA) is 61.9 Å². The average Bonchev–Trinajstić information content (AvgIpc) is 3.19. The van der Waals surface area contributed by atoms with Crippen LogP contribution < -0.4 is 15.0 Å². The van der Waals surface area contributed by atoms with Crippen molar-refractivity contribution in [3.63, 3.8) is 0 Å². The standard InChI is InChI=1S/C28H29N3O3S/c1-34-24-14-12-23(13-15-24)31-26(32)20-25(27(31)33)30(19-17-22-10-6-3-7-11-22)28(35)29-18-16-21-8-4-2-5-9-21/h2-15,25H,16-20H2,1H3,(H,29,35)/t25-/m0/s1. The van der Waals surface area contributed by atoms with E-state index in [1.165, 1.54) is 10.5 Å². The van der Waals surface area contributed by atoms with Gasteiger partial charge in [0.05, 0.1) is 19.2 Å².